The molecule has 1 N–H and O–H groups in total. The molecule has 0 amide bonds. The number of nitrogens with zero attached hydrogens (tertiary/aromatic N) is 4. The third-order valence-electron chi connectivity index (χ3n) is 10.1. The fourth-order valence-electron chi connectivity index (χ4n) is 6.92. The number of rotatable bonds is 16. The number of aromatic nitrogens is 4. The van der Waals surface area contributed by atoms with Gasteiger partial charge in [0.05, 0.1) is 40.4 Å². The summed E-state index contributed by atoms with van der Waals surface area (Å²) in [5.41, 5.74) is 4.01. The third-order valence-corrected chi connectivity index (χ3v) is 11.8. The van der Waals surface area contributed by atoms with Crippen LogP contribution in [0.1, 0.15) is 28.5 Å². The summed E-state index contributed by atoms with van der Waals surface area (Å²) in [5, 5.41) is 12.1. The van der Waals surface area contributed by atoms with E-state index in [1.54, 1.807) is 25.1 Å². The zero-order chi connectivity index (χ0) is 39.3. The zero-order valence-electron chi connectivity index (χ0n) is 32.4. The molecule has 2 unspecified atom stereocenters. The van der Waals surface area contributed by atoms with E-state index >= 15 is 0 Å². The molecule has 0 spiro atoms. The Morgan fingerprint density at radius 1 is 0.804 bits per heavy atom. The minimum absolute atomic E-state index is 0.0149. The predicted molar refractivity (Wildman–Crippen MR) is 218 cm³/mol. The number of benzene rings is 4. The average Bonchev–Trinajstić information content (AvgIpc) is 3.79. The van der Waals surface area contributed by atoms with Crippen molar-refractivity contribution < 1.29 is 33.5 Å². The highest BCUT2D eigenvalue weighted by atomic mass is 28.3. The second-order valence-electron chi connectivity index (χ2n) is 15.1. The summed E-state index contributed by atoms with van der Waals surface area (Å²) in [6.07, 6.45) is -0.511. The van der Waals surface area contributed by atoms with Crippen molar-refractivity contribution in [2.45, 2.75) is 62.4 Å². The van der Waals surface area contributed by atoms with E-state index in [1.807, 2.05) is 103 Å². The largest absolute Gasteiger partial charge is 0.497 e. The van der Waals surface area contributed by atoms with Crippen molar-refractivity contribution in [3.05, 3.63) is 138 Å². The van der Waals surface area contributed by atoms with Crippen LogP contribution in [0.4, 0.5) is 0 Å². The molecule has 0 saturated carbocycles. The highest BCUT2D eigenvalue weighted by Gasteiger charge is 2.48. The van der Waals surface area contributed by atoms with Crippen LogP contribution < -0.4 is 19.7 Å². The van der Waals surface area contributed by atoms with Crippen LogP contribution in [0.2, 0.25) is 25.7 Å². The Hall–Kier alpha value is -5.05. The molecule has 288 valence electrons. The summed E-state index contributed by atoms with van der Waals surface area (Å²) < 4.78 is 39.4. The van der Waals surface area contributed by atoms with E-state index in [0.29, 0.717) is 40.6 Å². The van der Waals surface area contributed by atoms with Crippen LogP contribution in [-0.2, 0) is 26.4 Å². The van der Waals surface area contributed by atoms with Gasteiger partial charge in [-0.15, -0.1) is 0 Å². The lowest BCUT2D eigenvalue weighted by molar-refractivity contribution is -0.0968. The van der Waals surface area contributed by atoms with E-state index in [-0.39, 0.29) is 13.2 Å². The molecule has 1 aliphatic rings. The first-order chi connectivity index (χ1) is 27.1. The molecule has 0 bridgehead atoms. The maximum absolute atomic E-state index is 12.1. The van der Waals surface area contributed by atoms with Gasteiger partial charge in [-0.05, 0) is 52.6 Å². The van der Waals surface area contributed by atoms with Crippen LogP contribution >= 0.6 is 0 Å². The molecular weight excluding hydrogens is 723 g/mol. The third kappa shape index (κ3) is 8.37. The van der Waals surface area contributed by atoms with Gasteiger partial charge in [0.15, 0.2) is 17.4 Å². The standard InChI is InChI=1S/C43H47BN4O7Si/c1-50-34-19-13-31(14-20-34)43(30-9-7-6-8-10-30,32-15-21-35(51-2)22-16-32)54-26-36-38(49)39(53-25-29-11-17-33(44)18-12-29)42(55-36)48-28-47-37-40(48)45-27-46-41(37)52-23-24-56(3,4)5/h6-22,27-28,36,38-39,42,49H,23-26H2,1-5H3/t36?,38-,39-,42?/m1/s1. The molecule has 13 heteroatoms. The molecule has 1 aliphatic heterocycles. The average molecular weight is 771 g/mol. The number of fused-ring (bicyclic) bond motifs is 1. The van der Waals surface area contributed by atoms with Crippen LogP contribution in [0.25, 0.3) is 11.2 Å². The topological polar surface area (TPSA) is 119 Å². The Labute approximate surface area is 330 Å². The normalized spacial score (nSPS) is 18.6. The van der Waals surface area contributed by atoms with Crippen molar-refractivity contribution in [3.63, 3.8) is 0 Å². The summed E-state index contributed by atoms with van der Waals surface area (Å²) in [7, 11) is 7.88. The monoisotopic (exact) mass is 770 g/mol. The van der Waals surface area contributed by atoms with Gasteiger partial charge in [-0.1, -0.05) is 104 Å². The van der Waals surface area contributed by atoms with Crippen molar-refractivity contribution in [3.8, 4) is 17.4 Å². The second kappa shape index (κ2) is 17.0. The minimum Gasteiger partial charge on any atom is -0.497 e. The lowest BCUT2D eigenvalue weighted by atomic mass is 9.80. The molecule has 56 heavy (non-hydrogen) atoms. The summed E-state index contributed by atoms with van der Waals surface area (Å²) in [6.45, 7) is 7.61. The molecule has 6 aromatic rings. The summed E-state index contributed by atoms with van der Waals surface area (Å²) in [4.78, 5) is 13.7. The highest BCUT2D eigenvalue weighted by Crippen LogP contribution is 2.43. The van der Waals surface area contributed by atoms with E-state index in [4.69, 9.17) is 36.3 Å². The Bertz CT molecular complexity index is 2130. The van der Waals surface area contributed by atoms with E-state index in [1.165, 1.54) is 6.33 Å². The van der Waals surface area contributed by atoms with Crippen LogP contribution in [0.15, 0.2) is 116 Å². The fourth-order valence-corrected chi connectivity index (χ4v) is 7.64. The zero-order valence-corrected chi connectivity index (χ0v) is 33.4. The Morgan fingerprint density at radius 3 is 2.04 bits per heavy atom. The number of hydrogen-bond donors (Lipinski definition) is 1. The summed E-state index contributed by atoms with van der Waals surface area (Å²) >= 11 is 0. The van der Waals surface area contributed by atoms with Gasteiger partial charge in [-0.3, -0.25) is 4.57 Å². The number of imidazole rings is 1. The molecular formula is C43H47BN4O7Si. The molecule has 1 fully saturated rings. The van der Waals surface area contributed by atoms with Crippen molar-refractivity contribution in [1.29, 1.82) is 0 Å². The first kappa shape index (κ1) is 39.2. The van der Waals surface area contributed by atoms with Gasteiger partial charge in [0.25, 0.3) is 0 Å². The molecule has 7 rings (SSSR count). The van der Waals surface area contributed by atoms with Crippen molar-refractivity contribution in [2.75, 3.05) is 27.4 Å². The summed E-state index contributed by atoms with van der Waals surface area (Å²) in [5.74, 6) is 1.83. The van der Waals surface area contributed by atoms with E-state index in [0.717, 1.165) is 28.3 Å². The van der Waals surface area contributed by atoms with Gasteiger partial charge in [-0.25, -0.2) is 9.97 Å². The molecule has 2 aromatic heterocycles. The summed E-state index contributed by atoms with van der Waals surface area (Å²) in [6, 6.07) is 34.0. The number of hydrogen-bond acceptors (Lipinski definition) is 10. The quantitative estimate of drug-likeness (QED) is 0.0900. The number of aliphatic hydroxyl groups is 1. The maximum Gasteiger partial charge on any atom is 0.245 e. The first-order valence-corrected chi connectivity index (χ1v) is 22.4. The lowest BCUT2D eigenvalue weighted by Crippen LogP contribution is -2.40. The van der Waals surface area contributed by atoms with E-state index in [2.05, 4.69) is 34.6 Å². The first-order valence-electron chi connectivity index (χ1n) is 18.7. The van der Waals surface area contributed by atoms with Gasteiger partial charge >= 0.3 is 0 Å². The van der Waals surface area contributed by atoms with Crippen molar-refractivity contribution in [1.82, 2.24) is 19.5 Å². The second-order valence-corrected chi connectivity index (χ2v) is 20.7. The molecule has 3 heterocycles. The van der Waals surface area contributed by atoms with Crippen LogP contribution in [0, 0.1) is 0 Å². The van der Waals surface area contributed by atoms with Crippen LogP contribution in [-0.4, -0.2) is 86.3 Å². The van der Waals surface area contributed by atoms with Gasteiger partial charge in [0, 0.05) is 8.07 Å². The highest BCUT2D eigenvalue weighted by molar-refractivity contribution is 6.76. The van der Waals surface area contributed by atoms with E-state index in [9.17, 15) is 5.11 Å². The van der Waals surface area contributed by atoms with Gasteiger partial charge in [0.2, 0.25) is 5.88 Å². The SMILES string of the molecule is [B]c1ccc(CO[C@H]2C(n3cnc4c(OCC[Si](C)(C)C)ncnc43)OC(COC(c3ccccc3)(c3ccc(OC)cc3)c3ccc(OC)cc3)[C@H]2O)cc1. The Balaban J connectivity index is 1.25. The van der Waals surface area contributed by atoms with Crippen LogP contribution in [0.3, 0.4) is 0 Å². The number of ether oxygens (including phenoxy) is 6. The van der Waals surface area contributed by atoms with Gasteiger partial charge in [-0.2, -0.15) is 4.98 Å². The van der Waals surface area contributed by atoms with Crippen molar-refractivity contribution in [2.24, 2.45) is 0 Å². The van der Waals surface area contributed by atoms with Gasteiger partial charge in [0.1, 0.15) is 49.6 Å². The predicted octanol–water partition coefficient (Wildman–Crippen LogP) is 6.21. The molecule has 4 aromatic carbocycles. The van der Waals surface area contributed by atoms with E-state index < -0.39 is 38.2 Å². The maximum atomic E-state index is 12.1. The molecule has 4 atom stereocenters. The number of methoxy groups -OCH3 is 2. The van der Waals surface area contributed by atoms with Crippen LogP contribution in [0.5, 0.6) is 17.4 Å². The molecule has 1 saturated heterocycles. The minimum atomic E-state index is -1.34. The van der Waals surface area contributed by atoms with Gasteiger partial charge < -0.3 is 33.5 Å². The molecule has 0 aliphatic carbocycles. The molecule has 11 nitrogen and oxygen atoms in total. The number of aliphatic hydroxyl groups excluding tert-OH is 1. The Morgan fingerprint density at radius 2 is 1.43 bits per heavy atom. The lowest BCUT2D eigenvalue weighted by Gasteiger charge is -2.37. The fraction of sp³-hybridized carbons (Fsp3) is 0.326. The van der Waals surface area contributed by atoms with Crippen molar-refractivity contribution >= 4 is 32.5 Å². The molecule has 2 radical (unpaired) electrons. The smallest absolute Gasteiger partial charge is 0.245 e. The Kier molecular flexibility index (Phi) is 11.9.